The number of rotatable bonds is 5. The molecule has 0 saturated heterocycles. The first kappa shape index (κ1) is 20.2. The Balaban J connectivity index is 1.68. The van der Waals surface area contributed by atoms with Crippen molar-refractivity contribution in [2.24, 2.45) is 0 Å². The molecule has 2 aromatic carbocycles. The van der Waals surface area contributed by atoms with Crippen molar-refractivity contribution in [3.8, 4) is 5.75 Å². The molecule has 1 fully saturated rings. The summed E-state index contributed by atoms with van der Waals surface area (Å²) in [6.07, 6.45) is -1.12. The summed E-state index contributed by atoms with van der Waals surface area (Å²) in [4.78, 5) is 11.5. The number of benzene rings is 2. The topological polar surface area (TPSA) is 113 Å². The van der Waals surface area contributed by atoms with Gasteiger partial charge in [0.05, 0.1) is 23.0 Å². The average Bonchev–Trinajstić information content (AvgIpc) is 3.17. The molecular formula is C20H20ClNO6S. The van der Waals surface area contributed by atoms with E-state index in [0.29, 0.717) is 21.9 Å². The molecule has 1 aliphatic carbocycles. The third kappa shape index (κ3) is 3.50. The van der Waals surface area contributed by atoms with Crippen LogP contribution in [0.4, 0.5) is 0 Å². The average molecular weight is 438 g/mol. The first-order valence-corrected chi connectivity index (χ1v) is 11.0. The van der Waals surface area contributed by atoms with Gasteiger partial charge in [-0.15, -0.1) is 0 Å². The minimum atomic E-state index is -3.89. The van der Waals surface area contributed by atoms with E-state index in [2.05, 4.69) is 4.72 Å². The monoisotopic (exact) mass is 437 g/mol. The van der Waals surface area contributed by atoms with Gasteiger partial charge in [0, 0.05) is 28.5 Å². The fourth-order valence-corrected chi connectivity index (χ4v) is 5.55. The summed E-state index contributed by atoms with van der Waals surface area (Å²) >= 11 is 5.83. The number of aliphatic carboxylic acids is 1. The van der Waals surface area contributed by atoms with Crippen LogP contribution in [-0.4, -0.2) is 42.8 Å². The van der Waals surface area contributed by atoms with Gasteiger partial charge in [-0.25, -0.2) is 13.1 Å². The lowest BCUT2D eigenvalue weighted by atomic mass is 9.90. The smallest absolute Gasteiger partial charge is 0.310 e. The lowest BCUT2D eigenvalue weighted by Gasteiger charge is -2.22. The summed E-state index contributed by atoms with van der Waals surface area (Å²) in [5, 5.41) is 20.3. The fraction of sp³-hybridized carbons (Fsp3) is 0.350. The van der Waals surface area contributed by atoms with Crippen LogP contribution in [0, 0.1) is 0 Å². The maximum atomic E-state index is 12.8. The fourth-order valence-electron chi connectivity index (χ4n) is 4.13. The maximum absolute atomic E-state index is 12.8. The maximum Gasteiger partial charge on any atom is 0.310 e. The number of carbonyl (C=O) groups is 1. The molecule has 0 amide bonds. The zero-order chi connectivity index (χ0) is 20.9. The second-order valence-corrected chi connectivity index (χ2v) is 9.56. The number of carboxylic acids is 1. The van der Waals surface area contributed by atoms with Gasteiger partial charge < -0.3 is 14.9 Å². The standard InChI is InChI=1S/C20H20ClNO6S/c1-10(20(24)25)13-3-2-4-14-17-16(28-19(13)14)9-15(23)18(17)22-29(26,27)12-7-5-11(21)6-8-12/h2-8,10,15-18,22-23H,9H2,1H3,(H,24,25). The first-order chi connectivity index (χ1) is 13.7. The van der Waals surface area contributed by atoms with Gasteiger partial charge in [-0.05, 0) is 31.2 Å². The second kappa shape index (κ2) is 7.28. The molecule has 9 heteroatoms. The van der Waals surface area contributed by atoms with Crippen molar-refractivity contribution in [2.45, 2.75) is 48.3 Å². The van der Waals surface area contributed by atoms with Crippen LogP contribution in [0.3, 0.4) is 0 Å². The molecule has 5 atom stereocenters. The molecule has 0 spiro atoms. The number of sulfonamides is 1. The van der Waals surface area contributed by atoms with Gasteiger partial charge in [-0.1, -0.05) is 29.8 Å². The summed E-state index contributed by atoms with van der Waals surface area (Å²) < 4.78 is 34.3. The Labute approximate surface area is 173 Å². The van der Waals surface area contributed by atoms with E-state index in [4.69, 9.17) is 16.3 Å². The van der Waals surface area contributed by atoms with E-state index in [1.807, 2.05) is 0 Å². The molecule has 1 saturated carbocycles. The first-order valence-electron chi connectivity index (χ1n) is 9.17. The van der Waals surface area contributed by atoms with E-state index < -0.39 is 46.1 Å². The molecule has 2 aliphatic rings. The van der Waals surface area contributed by atoms with E-state index in [1.54, 1.807) is 25.1 Å². The number of para-hydroxylation sites is 1. The van der Waals surface area contributed by atoms with Crippen LogP contribution in [0.1, 0.15) is 36.3 Å². The van der Waals surface area contributed by atoms with E-state index in [0.717, 1.165) is 0 Å². The Morgan fingerprint density at radius 1 is 1.24 bits per heavy atom. The predicted molar refractivity (Wildman–Crippen MR) is 106 cm³/mol. The normalized spacial score (nSPS) is 26.4. The summed E-state index contributed by atoms with van der Waals surface area (Å²) in [6, 6.07) is 10.2. The molecule has 1 aliphatic heterocycles. The third-order valence-electron chi connectivity index (χ3n) is 5.63. The van der Waals surface area contributed by atoms with E-state index >= 15 is 0 Å². The minimum Gasteiger partial charge on any atom is -0.489 e. The van der Waals surface area contributed by atoms with Gasteiger partial charge >= 0.3 is 5.97 Å². The number of halogens is 1. The predicted octanol–water partition coefficient (Wildman–Crippen LogP) is 2.48. The zero-order valence-electron chi connectivity index (χ0n) is 15.4. The Morgan fingerprint density at radius 3 is 2.59 bits per heavy atom. The number of aliphatic hydroxyl groups is 1. The number of fused-ring (bicyclic) bond motifs is 3. The van der Waals surface area contributed by atoms with Crippen molar-refractivity contribution >= 4 is 27.6 Å². The van der Waals surface area contributed by atoms with Crippen LogP contribution in [-0.2, 0) is 14.8 Å². The number of hydrogen-bond donors (Lipinski definition) is 3. The highest BCUT2D eigenvalue weighted by Gasteiger charge is 2.51. The molecular weight excluding hydrogens is 418 g/mol. The quantitative estimate of drug-likeness (QED) is 0.662. The number of carboxylic acid groups (broad SMARTS) is 1. The van der Waals surface area contributed by atoms with Gasteiger partial charge in [-0.3, -0.25) is 4.79 Å². The molecule has 0 radical (unpaired) electrons. The Hall–Kier alpha value is -2.13. The largest absolute Gasteiger partial charge is 0.489 e. The number of nitrogens with one attached hydrogen (secondary N) is 1. The van der Waals surface area contributed by atoms with Crippen LogP contribution >= 0.6 is 11.6 Å². The SMILES string of the molecule is CC(C(=O)O)c1cccc2c1OC1CC(O)C(NS(=O)(=O)c3ccc(Cl)cc3)C21. The summed E-state index contributed by atoms with van der Waals surface area (Å²) in [6.45, 7) is 1.57. The van der Waals surface area contributed by atoms with Crippen molar-refractivity contribution in [2.75, 3.05) is 0 Å². The van der Waals surface area contributed by atoms with Crippen LogP contribution in [0.25, 0.3) is 0 Å². The molecule has 5 unspecified atom stereocenters. The molecule has 2 aromatic rings. The molecule has 154 valence electrons. The van der Waals surface area contributed by atoms with Gasteiger partial charge in [0.15, 0.2) is 0 Å². The van der Waals surface area contributed by atoms with E-state index in [9.17, 15) is 23.4 Å². The minimum absolute atomic E-state index is 0.0462. The second-order valence-electron chi connectivity index (χ2n) is 7.41. The highest BCUT2D eigenvalue weighted by atomic mass is 35.5. The van der Waals surface area contributed by atoms with Crippen LogP contribution in [0.15, 0.2) is 47.4 Å². The van der Waals surface area contributed by atoms with Gasteiger partial charge in [0.2, 0.25) is 10.0 Å². The van der Waals surface area contributed by atoms with E-state index in [1.165, 1.54) is 24.3 Å². The van der Waals surface area contributed by atoms with Crippen molar-refractivity contribution in [1.29, 1.82) is 0 Å². The molecule has 4 rings (SSSR count). The van der Waals surface area contributed by atoms with Crippen molar-refractivity contribution in [3.05, 3.63) is 58.6 Å². The number of hydrogen-bond acceptors (Lipinski definition) is 5. The molecule has 29 heavy (non-hydrogen) atoms. The molecule has 0 aromatic heterocycles. The Bertz CT molecular complexity index is 1060. The summed E-state index contributed by atoms with van der Waals surface area (Å²) in [5.74, 6) is -1.68. The van der Waals surface area contributed by atoms with Crippen LogP contribution < -0.4 is 9.46 Å². The van der Waals surface area contributed by atoms with Gasteiger partial charge in [0.1, 0.15) is 11.9 Å². The third-order valence-corrected chi connectivity index (χ3v) is 7.36. The zero-order valence-corrected chi connectivity index (χ0v) is 17.0. The lowest BCUT2D eigenvalue weighted by Crippen LogP contribution is -2.43. The van der Waals surface area contributed by atoms with Crippen molar-refractivity contribution in [3.63, 3.8) is 0 Å². The molecule has 0 bridgehead atoms. The van der Waals surface area contributed by atoms with Gasteiger partial charge in [0.25, 0.3) is 0 Å². The molecule has 7 nitrogen and oxygen atoms in total. The van der Waals surface area contributed by atoms with Crippen molar-refractivity contribution in [1.82, 2.24) is 4.72 Å². The Kier molecular flexibility index (Phi) is 5.06. The Morgan fingerprint density at radius 2 is 1.93 bits per heavy atom. The van der Waals surface area contributed by atoms with Crippen molar-refractivity contribution < 1.29 is 28.2 Å². The highest BCUT2D eigenvalue weighted by molar-refractivity contribution is 7.89. The highest BCUT2D eigenvalue weighted by Crippen LogP contribution is 2.50. The number of ether oxygens (including phenoxy) is 1. The van der Waals surface area contributed by atoms with Gasteiger partial charge in [-0.2, -0.15) is 0 Å². The molecule has 3 N–H and O–H groups in total. The van der Waals surface area contributed by atoms with E-state index in [-0.39, 0.29) is 11.3 Å². The summed E-state index contributed by atoms with van der Waals surface area (Å²) in [5.41, 5.74) is 1.25. The lowest BCUT2D eigenvalue weighted by molar-refractivity contribution is -0.138. The number of aliphatic hydroxyl groups excluding tert-OH is 1. The van der Waals surface area contributed by atoms with Crippen LogP contribution in [0.2, 0.25) is 5.02 Å². The van der Waals surface area contributed by atoms with Crippen LogP contribution in [0.5, 0.6) is 5.75 Å². The summed E-state index contributed by atoms with van der Waals surface area (Å²) in [7, 11) is -3.89. The molecule has 1 heterocycles.